The van der Waals surface area contributed by atoms with E-state index in [4.69, 9.17) is 0 Å². The van der Waals surface area contributed by atoms with Crippen LogP contribution in [0.1, 0.15) is 24.0 Å². The van der Waals surface area contributed by atoms with Crippen molar-refractivity contribution in [2.75, 3.05) is 15.7 Å². The van der Waals surface area contributed by atoms with Gasteiger partial charge in [0.1, 0.15) is 0 Å². The Morgan fingerprint density at radius 1 is 0.968 bits per heavy atom. The molecule has 7 heteroatoms. The summed E-state index contributed by atoms with van der Waals surface area (Å²) in [4.78, 5) is 13.9. The summed E-state index contributed by atoms with van der Waals surface area (Å²) in [5.41, 5.74) is 2.24. The van der Waals surface area contributed by atoms with Gasteiger partial charge in [-0.2, -0.15) is 5.26 Å². The normalized spacial score (nSPS) is 13.8. The second-order valence-electron chi connectivity index (χ2n) is 7.31. The fraction of sp³-hybridized carbons (Fsp3) is 0.167. The first kappa shape index (κ1) is 20.6. The van der Waals surface area contributed by atoms with Gasteiger partial charge in [-0.3, -0.25) is 9.10 Å². The van der Waals surface area contributed by atoms with Gasteiger partial charge < -0.3 is 4.90 Å². The van der Waals surface area contributed by atoms with Crippen LogP contribution in [0.3, 0.4) is 0 Å². The molecule has 1 saturated heterocycles. The van der Waals surface area contributed by atoms with Crippen LogP contribution >= 0.6 is 0 Å². The molecule has 31 heavy (non-hydrogen) atoms. The number of hydrogen-bond donors (Lipinski definition) is 0. The molecule has 0 spiro atoms. The van der Waals surface area contributed by atoms with Crippen LogP contribution in [0.5, 0.6) is 0 Å². The van der Waals surface area contributed by atoms with E-state index in [1.807, 2.05) is 42.5 Å². The average Bonchev–Trinajstić information content (AvgIpc) is 3.24. The van der Waals surface area contributed by atoms with E-state index in [0.717, 1.165) is 12.0 Å². The van der Waals surface area contributed by atoms with Gasteiger partial charge in [0.05, 0.1) is 28.8 Å². The summed E-state index contributed by atoms with van der Waals surface area (Å²) in [6.45, 7) is 0.745. The molecule has 1 amide bonds. The van der Waals surface area contributed by atoms with E-state index in [9.17, 15) is 18.5 Å². The van der Waals surface area contributed by atoms with E-state index in [-0.39, 0.29) is 22.9 Å². The number of carbonyl (C=O) groups excluding carboxylic acids is 1. The fourth-order valence-electron chi connectivity index (χ4n) is 3.65. The highest BCUT2D eigenvalue weighted by atomic mass is 32.2. The highest BCUT2D eigenvalue weighted by Crippen LogP contribution is 2.31. The lowest BCUT2D eigenvalue weighted by Crippen LogP contribution is -2.31. The van der Waals surface area contributed by atoms with Gasteiger partial charge in [0.15, 0.2) is 0 Å². The van der Waals surface area contributed by atoms with Gasteiger partial charge in [-0.15, -0.1) is 0 Å². The van der Waals surface area contributed by atoms with Crippen molar-refractivity contribution in [2.45, 2.75) is 24.3 Å². The quantitative estimate of drug-likeness (QED) is 0.589. The van der Waals surface area contributed by atoms with Crippen LogP contribution in [0.4, 0.5) is 11.4 Å². The molecule has 6 nitrogen and oxygen atoms in total. The van der Waals surface area contributed by atoms with Crippen molar-refractivity contribution in [1.82, 2.24) is 0 Å². The SMILES string of the molecule is N#Cc1cccc(S(=O)(=O)N(Cc2ccccc2)c2cccc(N3CCCC3=O)c2)c1. The first-order valence-electron chi connectivity index (χ1n) is 9.96. The van der Waals surface area contributed by atoms with E-state index < -0.39 is 10.0 Å². The summed E-state index contributed by atoms with van der Waals surface area (Å²) in [7, 11) is -3.96. The Kier molecular flexibility index (Phi) is 5.74. The summed E-state index contributed by atoms with van der Waals surface area (Å²) in [5, 5.41) is 9.21. The number of amides is 1. The third kappa shape index (κ3) is 4.30. The number of nitrogens with zero attached hydrogens (tertiary/aromatic N) is 3. The summed E-state index contributed by atoms with van der Waals surface area (Å²) in [6, 6.07) is 24.3. The molecule has 4 rings (SSSR count). The van der Waals surface area contributed by atoms with Crippen molar-refractivity contribution in [1.29, 1.82) is 5.26 Å². The third-order valence-corrected chi connectivity index (χ3v) is 6.99. The zero-order valence-electron chi connectivity index (χ0n) is 16.8. The molecular weight excluding hydrogens is 410 g/mol. The topological polar surface area (TPSA) is 81.5 Å². The lowest BCUT2D eigenvalue weighted by Gasteiger charge is -2.26. The predicted octanol–water partition coefficient (Wildman–Crippen LogP) is 4.08. The monoisotopic (exact) mass is 431 g/mol. The molecule has 0 atom stereocenters. The zero-order valence-corrected chi connectivity index (χ0v) is 17.6. The van der Waals surface area contributed by atoms with E-state index in [0.29, 0.717) is 24.3 Å². The molecule has 0 bridgehead atoms. The van der Waals surface area contributed by atoms with Gasteiger partial charge in [0.25, 0.3) is 10.0 Å². The molecule has 1 aliphatic rings. The highest BCUT2D eigenvalue weighted by Gasteiger charge is 2.27. The third-order valence-electron chi connectivity index (χ3n) is 5.22. The molecule has 3 aromatic rings. The Bertz CT molecular complexity index is 1250. The van der Waals surface area contributed by atoms with Gasteiger partial charge >= 0.3 is 0 Å². The van der Waals surface area contributed by atoms with Crippen LogP contribution < -0.4 is 9.21 Å². The van der Waals surface area contributed by atoms with Crippen LogP contribution in [-0.4, -0.2) is 20.9 Å². The molecule has 1 heterocycles. The van der Waals surface area contributed by atoms with Crippen LogP contribution in [0.25, 0.3) is 0 Å². The van der Waals surface area contributed by atoms with Crippen molar-refractivity contribution in [2.24, 2.45) is 0 Å². The second-order valence-corrected chi connectivity index (χ2v) is 9.17. The average molecular weight is 432 g/mol. The minimum absolute atomic E-state index is 0.0383. The number of hydrogen-bond acceptors (Lipinski definition) is 4. The number of anilines is 2. The van der Waals surface area contributed by atoms with Gasteiger partial charge in [-0.05, 0) is 48.4 Å². The molecule has 0 radical (unpaired) electrons. The van der Waals surface area contributed by atoms with Crippen LogP contribution in [0.15, 0.2) is 83.8 Å². The lowest BCUT2D eigenvalue weighted by atomic mass is 10.2. The smallest absolute Gasteiger partial charge is 0.264 e. The van der Waals surface area contributed by atoms with Crippen LogP contribution in [0.2, 0.25) is 0 Å². The van der Waals surface area contributed by atoms with E-state index in [1.54, 1.807) is 35.2 Å². The minimum Gasteiger partial charge on any atom is -0.312 e. The molecule has 0 aliphatic carbocycles. The lowest BCUT2D eigenvalue weighted by molar-refractivity contribution is -0.117. The van der Waals surface area contributed by atoms with Gasteiger partial charge in [0.2, 0.25) is 5.91 Å². The number of nitriles is 1. The molecule has 3 aromatic carbocycles. The fourth-order valence-corrected chi connectivity index (χ4v) is 5.15. The predicted molar refractivity (Wildman–Crippen MR) is 119 cm³/mol. The molecule has 156 valence electrons. The van der Waals surface area contributed by atoms with E-state index >= 15 is 0 Å². The Labute approximate surface area is 182 Å². The number of rotatable bonds is 6. The molecule has 0 aromatic heterocycles. The summed E-state index contributed by atoms with van der Waals surface area (Å²) in [6.07, 6.45) is 1.28. The largest absolute Gasteiger partial charge is 0.312 e. The maximum absolute atomic E-state index is 13.6. The van der Waals surface area contributed by atoms with Crippen molar-refractivity contribution in [3.05, 3.63) is 90.0 Å². The van der Waals surface area contributed by atoms with E-state index in [1.165, 1.54) is 16.4 Å². The summed E-state index contributed by atoms with van der Waals surface area (Å²) in [5.74, 6) is 0.0383. The van der Waals surface area contributed by atoms with Gasteiger partial charge in [-0.1, -0.05) is 42.5 Å². The minimum atomic E-state index is -3.96. The number of benzene rings is 3. The summed E-state index contributed by atoms with van der Waals surface area (Å²) >= 11 is 0. The molecule has 0 saturated carbocycles. The second kappa shape index (κ2) is 8.62. The van der Waals surface area contributed by atoms with Gasteiger partial charge in [-0.25, -0.2) is 8.42 Å². The first-order valence-corrected chi connectivity index (χ1v) is 11.4. The standard InChI is InChI=1S/C24H21N3O3S/c25-17-20-9-4-12-23(15-20)31(29,30)27(18-19-7-2-1-3-8-19)22-11-5-10-21(16-22)26-14-6-13-24(26)28/h1-5,7-12,15-16H,6,13-14,18H2. The highest BCUT2D eigenvalue weighted by molar-refractivity contribution is 7.92. The maximum Gasteiger partial charge on any atom is 0.264 e. The van der Waals surface area contributed by atoms with Crippen molar-refractivity contribution in [3.63, 3.8) is 0 Å². The first-order chi connectivity index (χ1) is 15.0. The summed E-state index contributed by atoms with van der Waals surface area (Å²) < 4.78 is 28.6. The van der Waals surface area contributed by atoms with Crippen molar-refractivity contribution < 1.29 is 13.2 Å². The van der Waals surface area contributed by atoms with Crippen LogP contribution in [-0.2, 0) is 21.4 Å². The Morgan fingerprint density at radius 3 is 2.45 bits per heavy atom. The van der Waals surface area contributed by atoms with E-state index in [2.05, 4.69) is 0 Å². The molecule has 1 fully saturated rings. The van der Waals surface area contributed by atoms with Crippen LogP contribution in [0, 0.1) is 11.3 Å². The Morgan fingerprint density at radius 2 is 1.74 bits per heavy atom. The Balaban J connectivity index is 1.80. The zero-order chi connectivity index (χ0) is 21.8. The molecular formula is C24H21N3O3S. The van der Waals surface area contributed by atoms with Gasteiger partial charge in [0, 0.05) is 18.7 Å². The Hall–Kier alpha value is -3.63. The molecule has 0 unspecified atom stereocenters. The number of carbonyl (C=O) groups is 1. The molecule has 0 N–H and O–H groups in total. The van der Waals surface area contributed by atoms with Crippen molar-refractivity contribution >= 4 is 27.3 Å². The number of sulfonamides is 1. The maximum atomic E-state index is 13.6. The van der Waals surface area contributed by atoms with Crippen molar-refractivity contribution in [3.8, 4) is 6.07 Å². The molecule has 1 aliphatic heterocycles.